The standard InChI is InChI=1S/C14H20N2O2S/c17-12-4-1-3-11(12)15-6-8-16(9-7-15)14(18)13-5-2-10-19-13/h2,5,10-12,17H,1,3-4,6-9H2. The zero-order valence-electron chi connectivity index (χ0n) is 11.0. The van der Waals surface area contributed by atoms with Gasteiger partial charge in [-0.2, -0.15) is 0 Å². The molecule has 2 atom stereocenters. The van der Waals surface area contributed by atoms with E-state index in [4.69, 9.17) is 0 Å². The van der Waals surface area contributed by atoms with Gasteiger partial charge in [-0.25, -0.2) is 0 Å². The summed E-state index contributed by atoms with van der Waals surface area (Å²) in [5, 5.41) is 11.9. The van der Waals surface area contributed by atoms with Gasteiger partial charge in [0.1, 0.15) is 0 Å². The SMILES string of the molecule is O=C(c1cccs1)N1CCN(C2CCCC2O)CC1. The second kappa shape index (κ2) is 5.61. The number of carbonyl (C=O) groups is 1. The number of amides is 1. The lowest BCUT2D eigenvalue weighted by molar-refractivity contribution is 0.0318. The molecule has 1 amide bonds. The number of aliphatic hydroxyl groups is 1. The Morgan fingerprint density at radius 3 is 2.63 bits per heavy atom. The van der Waals surface area contributed by atoms with Crippen molar-refractivity contribution >= 4 is 17.2 Å². The molecule has 1 saturated carbocycles. The van der Waals surface area contributed by atoms with E-state index in [9.17, 15) is 9.90 Å². The molecule has 0 radical (unpaired) electrons. The molecule has 2 fully saturated rings. The molecule has 2 unspecified atom stereocenters. The van der Waals surface area contributed by atoms with Crippen molar-refractivity contribution in [2.24, 2.45) is 0 Å². The summed E-state index contributed by atoms with van der Waals surface area (Å²) in [7, 11) is 0. The van der Waals surface area contributed by atoms with E-state index in [2.05, 4.69) is 4.90 Å². The van der Waals surface area contributed by atoms with E-state index in [0.717, 1.165) is 50.3 Å². The minimum atomic E-state index is -0.167. The number of hydrogen-bond donors (Lipinski definition) is 1. The van der Waals surface area contributed by atoms with E-state index in [1.54, 1.807) is 0 Å². The number of nitrogens with zero attached hydrogens (tertiary/aromatic N) is 2. The number of rotatable bonds is 2. The predicted octanol–water partition coefficient (Wildman–Crippen LogP) is 1.42. The van der Waals surface area contributed by atoms with Crippen LogP contribution in [0.1, 0.15) is 28.9 Å². The van der Waals surface area contributed by atoms with Gasteiger partial charge >= 0.3 is 0 Å². The molecular weight excluding hydrogens is 260 g/mol. The lowest BCUT2D eigenvalue weighted by Gasteiger charge is -2.38. The first-order chi connectivity index (χ1) is 9.25. The Balaban J connectivity index is 1.56. The average Bonchev–Trinajstić information content (AvgIpc) is 3.09. The van der Waals surface area contributed by atoms with Crippen LogP contribution < -0.4 is 0 Å². The molecule has 104 valence electrons. The van der Waals surface area contributed by atoms with E-state index < -0.39 is 0 Å². The van der Waals surface area contributed by atoms with Gasteiger partial charge in [0.05, 0.1) is 11.0 Å². The Bertz CT molecular complexity index is 427. The number of hydrogen-bond acceptors (Lipinski definition) is 4. The Morgan fingerprint density at radius 1 is 1.26 bits per heavy atom. The highest BCUT2D eigenvalue weighted by molar-refractivity contribution is 7.12. The van der Waals surface area contributed by atoms with Crippen molar-refractivity contribution in [2.45, 2.75) is 31.4 Å². The second-order valence-electron chi connectivity index (χ2n) is 5.37. The summed E-state index contributed by atoms with van der Waals surface area (Å²) in [4.78, 5) is 17.3. The molecule has 19 heavy (non-hydrogen) atoms. The van der Waals surface area contributed by atoms with Crippen LogP contribution in [-0.2, 0) is 0 Å². The number of aliphatic hydroxyl groups excluding tert-OH is 1. The quantitative estimate of drug-likeness (QED) is 0.891. The van der Waals surface area contributed by atoms with Gasteiger partial charge in [-0.3, -0.25) is 9.69 Å². The molecular formula is C14H20N2O2S. The number of thiophene rings is 1. The van der Waals surface area contributed by atoms with Gasteiger partial charge in [-0.05, 0) is 30.7 Å². The van der Waals surface area contributed by atoms with E-state index in [1.165, 1.54) is 11.3 Å². The maximum Gasteiger partial charge on any atom is 0.264 e. The highest BCUT2D eigenvalue weighted by atomic mass is 32.1. The van der Waals surface area contributed by atoms with Crippen LogP contribution in [0.4, 0.5) is 0 Å². The molecule has 1 aliphatic carbocycles. The molecule has 1 N–H and O–H groups in total. The van der Waals surface area contributed by atoms with Gasteiger partial charge in [0.2, 0.25) is 0 Å². The molecule has 0 spiro atoms. The third-order valence-corrected chi connectivity index (χ3v) is 5.10. The third-order valence-electron chi connectivity index (χ3n) is 4.25. The lowest BCUT2D eigenvalue weighted by Crippen LogP contribution is -2.53. The number of piperazine rings is 1. The summed E-state index contributed by atoms with van der Waals surface area (Å²) in [6.07, 6.45) is 2.98. The molecule has 1 saturated heterocycles. The molecule has 4 nitrogen and oxygen atoms in total. The molecule has 0 bridgehead atoms. The van der Waals surface area contributed by atoms with E-state index in [-0.39, 0.29) is 12.0 Å². The first-order valence-electron chi connectivity index (χ1n) is 7.00. The van der Waals surface area contributed by atoms with Gasteiger partial charge in [0.25, 0.3) is 5.91 Å². The Kier molecular flexibility index (Phi) is 3.86. The fourth-order valence-corrected chi connectivity index (χ4v) is 3.85. The Hall–Kier alpha value is -0.910. The Labute approximate surface area is 117 Å². The van der Waals surface area contributed by atoms with Gasteiger partial charge in [-0.1, -0.05) is 6.07 Å². The Morgan fingerprint density at radius 2 is 2.05 bits per heavy atom. The summed E-state index contributed by atoms with van der Waals surface area (Å²) in [6.45, 7) is 3.33. The summed E-state index contributed by atoms with van der Waals surface area (Å²) in [5.41, 5.74) is 0. The first kappa shape index (κ1) is 13.1. The van der Waals surface area contributed by atoms with Gasteiger partial charge in [0.15, 0.2) is 0 Å². The van der Waals surface area contributed by atoms with Crippen LogP contribution in [0, 0.1) is 0 Å². The van der Waals surface area contributed by atoms with E-state index in [0.29, 0.717) is 6.04 Å². The molecule has 1 aromatic rings. The summed E-state index contributed by atoms with van der Waals surface area (Å²) < 4.78 is 0. The van der Waals surface area contributed by atoms with Crippen molar-refractivity contribution in [1.82, 2.24) is 9.80 Å². The molecule has 0 aromatic carbocycles. The van der Waals surface area contributed by atoms with Crippen LogP contribution in [0.2, 0.25) is 0 Å². The highest BCUT2D eigenvalue weighted by Crippen LogP contribution is 2.25. The van der Waals surface area contributed by atoms with E-state index >= 15 is 0 Å². The monoisotopic (exact) mass is 280 g/mol. The zero-order valence-corrected chi connectivity index (χ0v) is 11.8. The van der Waals surface area contributed by atoms with Crippen molar-refractivity contribution < 1.29 is 9.90 Å². The normalized spacial score (nSPS) is 28.8. The largest absolute Gasteiger partial charge is 0.391 e. The minimum Gasteiger partial charge on any atom is -0.391 e. The fourth-order valence-electron chi connectivity index (χ4n) is 3.16. The highest BCUT2D eigenvalue weighted by Gasteiger charge is 2.33. The fraction of sp³-hybridized carbons (Fsp3) is 0.643. The summed E-state index contributed by atoms with van der Waals surface area (Å²) >= 11 is 1.51. The average molecular weight is 280 g/mol. The molecule has 2 aliphatic rings. The van der Waals surface area contributed by atoms with Crippen molar-refractivity contribution in [3.8, 4) is 0 Å². The third kappa shape index (κ3) is 2.68. The minimum absolute atomic E-state index is 0.154. The van der Waals surface area contributed by atoms with Crippen LogP contribution in [0.3, 0.4) is 0 Å². The second-order valence-corrected chi connectivity index (χ2v) is 6.32. The smallest absolute Gasteiger partial charge is 0.264 e. The van der Waals surface area contributed by atoms with Crippen molar-refractivity contribution in [3.05, 3.63) is 22.4 Å². The van der Waals surface area contributed by atoms with Gasteiger partial charge in [-0.15, -0.1) is 11.3 Å². The van der Waals surface area contributed by atoms with Crippen LogP contribution >= 0.6 is 11.3 Å². The van der Waals surface area contributed by atoms with Crippen molar-refractivity contribution in [1.29, 1.82) is 0 Å². The van der Waals surface area contributed by atoms with Crippen LogP contribution in [-0.4, -0.2) is 59.1 Å². The molecule has 1 aromatic heterocycles. The zero-order chi connectivity index (χ0) is 13.2. The summed E-state index contributed by atoms with van der Waals surface area (Å²) in [6, 6.07) is 4.13. The van der Waals surface area contributed by atoms with Crippen molar-refractivity contribution in [3.63, 3.8) is 0 Å². The van der Waals surface area contributed by atoms with E-state index in [1.807, 2.05) is 22.4 Å². The van der Waals surface area contributed by atoms with Crippen LogP contribution in [0.15, 0.2) is 17.5 Å². The predicted molar refractivity (Wildman–Crippen MR) is 75.4 cm³/mol. The topological polar surface area (TPSA) is 43.8 Å². The first-order valence-corrected chi connectivity index (χ1v) is 7.88. The number of carbonyl (C=O) groups excluding carboxylic acids is 1. The maximum absolute atomic E-state index is 12.2. The molecule has 2 heterocycles. The maximum atomic E-state index is 12.2. The molecule has 1 aliphatic heterocycles. The van der Waals surface area contributed by atoms with Crippen LogP contribution in [0.25, 0.3) is 0 Å². The summed E-state index contributed by atoms with van der Waals surface area (Å²) in [5.74, 6) is 0.154. The van der Waals surface area contributed by atoms with Gasteiger partial charge < -0.3 is 10.0 Å². The van der Waals surface area contributed by atoms with Gasteiger partial charge in [0, 0.05) is 32.2 Å². The lowest BCUT2D eigenvalue weighted by atomic mass is 10.1. The van der Waals surface area contributed by atoms with Crippen LogP contribution in [0.5, 0.6) is 0 Å². The van der Waals surface area contributed by atoms with Crippen molar-refractivity contribution in [2.75, 3.05) is 26.2 Å². The molecule has 3 rings (SSSR count). The molecule has 5 heteroatoms.